The number of nitrogens with zero attached hydrogens (tertiary/aromatic N) is 1. The van der Waals surface area contributed by atoms with Gasteiger partial charge in [0.1, 0.15) is 0 Å². The van der Waals surface area contributed by atoms with Crippen LogP contribution in [0.2, 0.25) is 0 Å². The lowest BCUT2D eigenvalue weighted by Crippen LogP contribution is -2.33. The van der Waals surface area contributed by atoms with Gasteiger partial charge in [0, 0.05) is 40.0 Å². The predicted octanol–water partition coefficient (Wildman–Crippen LogP) is 5.27. The van der Waals surface area contributed by atoms with Crippen molar-refractivity contribution in [3.63, 3.8) is 0 Å². The van der Waals surface area contributed by atoms with Crippen molar-refractivity contribution in [2.75, 3.05) is 13.1 Å². The third-order valence-corrected chi connectivity index (χ3v) is 6.46. The topological polar surface area (TPSA) is 37.0 Å². The molecule has 4 aromatic rings. The molecule has 0 amide bonds. The molecule has 0 saturated carbocycles. The number of thiophene rings is 1. The standard InChI is InChI=1S/C22H23N3S2/c1-16(25-27-21-4-3-20-15-24-10-7-18(20)13-21)14-23-9-6-17-2-5-22-19(12-17)8-11-26-22/h2-5,7-8,10-13,15-16,23,25H,6,9,14H2,1H3/t16-/m1/s1. The van der Waals surface area contributed by atoms with Gasteiger partial charge < -0.3 is 5.32 Å². The van der Waals surface area contributed by atoms with E-state index in [4.69, 9.17) is 0 Å². The molecule has 0 aliphatic rings. The van der Waals surface area contributed by atoms with Gasteiger partial charge in [0.25, 0.3) is 0 Å². The molecule has 0 aliphatic carbocycles. The molecule has 2 heterocycles. The number of rotatable bonds is 8. The van der Waals surface area contributed by atoms with Crippen LogP contribution in [-0.2, 0) is 6.42 Å². The quantitative estimate of drug-likeness (QED) is 0.316. The van der Waals surface area contributed by atoms with Crippen molar-refractivity contribution in [2.24, 2.45) is 0 Å². The van der Waals surface area contributed by atoms with E-state index < -0.39 is 0 Å². The lowest BCUT2D eigenvalue weighted by Gasteiger charge is -2.14. The highest BCUT2D eigenvalue weighted by Crippen LogP contribution is 2.22. The molecule has 2 N–H and O–H groups in total. The fourth-order valence-corrected chi connectivity index (χ4v) is 4.57. The summed E-state index contributed by atoms with van der Waals surface area (Å²) in [5.74, 6) is 0. The van der Waals surface area contributed by atoms with E-state index >= 15 is 0 Å². The summed E-state index contributed by atoms with van der Waals surface area (Å²) >= 11 is 3.49. The highest BCUT2D eigenvalue weighted by Gasteiger charge is 2.04. The maximum absolute atomic E-state index is 4.16. The van der Waals surface area contributed by atoms with Crippen molar-refractivity contribution < 1.29 is 0 Å². The molecule has 2 aromatic heterocycles. The molecule has 0 saturated heterocycles. The zero-order valence-electron chi connectivity index (χ0n) is 15.3. The van der Waals surface area contributed by atoms with E-state index in [1.54, 1.807) is 23.3 Å². The van der Waals surface area contributed by atoms with E-state index in [9.17, 15) is 0 Å². The number of benzene rings is 2. The van der Waals surface area contributed by atoms with Crippen LogP contribution in [0.25, 0.3) is 20.9 Å². The van der Waals surface area contributed by atoms with Gasteiger partial charge in [-0.2, -0.15) is 0 Å². The van der Waals surface area contributed by atoms with Crippen LogP contribution in [0, 0.1) is 0 Å². The Bertz CT molecular complexity index is 1030. The summed E-state index contributed by atoms with van der Waals surface area (Å²) in [6.07, 6.45) is 4.80. The van der Waals surface area contributed by atoms with Crippen LogP contribution in [0.1, 0.15) is 12.5 Å². The fraction of sp³-hybridized carbons (Fsp3) is 0.227. The summed E-state index contributed by atoms with van der Waals surface area (Å²) in [6.45, 7) is 4.16. The second kappa shape index (κ2) is 8.85. The first-order valence-corrected chi connectivity index (χ1v) is 10.9. The smallest absolute Gasteiger partial charge is 0.0346 e. The Morgan fingerprint density at radius 2 is 2.00 bits per heavy atom. The predicted molar refractivity (Wildman–Crippen MR) is 119 cm³/mol. The Morgan fingerprint density at radius 3 is 2.96 bits per heavy atom. The Hall–Kier alpha value is -1.92. The number of aromatic nitrogens is 1. The number of nitrogens with one attached hydrogen (secondary N) is 2. The molecule has 27 heavy (non-hydrogen) atoms. The van der Waals surface area contributed by atoms with Crippen molar-refractivity contribution in [1.82, 2.24) is 15.0 Å². The van der Waals surface area contributed by atoms with E-state index in [-0.39, 0.29) is 0 Å². The molecule has 1 atom stereocenters. The fourth-order valence-electron chi connectivity index (χ4n) is 3.06. The first-order valence-electron chi connectivity index (χ1n) is 9.21. The minimum atomic E-state index is 0.391. The molecule has 3 nitrogen and oxygen atoms in total. The summed E-state index contributed by atoms with van der Waals surface area (Å²) in [5, 5.41) is 9.48. The Kier molecular flexibility index (Phi) is 6.04. The highest BCUT2D eigenvalue weighted by atomic mass is 32.2. The van der Waals surface area contributed by atoms with Crippen molar-refractivity contribution in [2.45, 2.75) is 24.3 Å². The van der Waals surface area contributed by atoms with E-state index in [0.29, 0.717) is 6.04 Å². The maximum atomic E-state index is 4.16. The summed E-state index contributed by atoms with van der Waals surface area (Å²) < 4.78 is 4.89. The summed E-state index contributed by atoms with van der Waals surface area (Å²) in [5.41, 5.74) is 1.40. The van der Waals surface area contributed by atoms with Crippen molar-refractivity contribution >= 4 is 44.1 Å². The minimum Gasteiger partial charge on any atom is -0.315 e. The molecule has 4 rings (SSSR count). The van der Waals surface area contributed by atoms with Crippen molar-refractivity contribution in [1.29, 1.82) is 0 Å². The SMILES string of the molecule is C[C@H](CNCCc1ccc2sccc2c1)NSc1ccc2cnccc2c1. The number of fused-ring (bicyclic) bond motifs is 2. The summed E-state index contributed by atoms with van der Waals surface area (Å²) in [7, 11) is 0. The molecule has 0 fully saturated rings. The van der Waals surface area contributed by atoms with Gasteiger partial charge in [-0.3, -0.25) is 9.71 Å². The molecule has 2 aromatic carbocycles. The van der Waals surface area contributed by atoms with Crippen LogP contribution < -0.4 is 10.0 Å². The zero-order valence-corrected chi connectivity index (χ0v) is 16.9. The Labute approximate surface area is 168 Å². The second-order valence-corrected chi connectivity index (χ2v) is 8.61. The zero-order chi connectivity index (χ0) is 18.5. The van der Waals surface area contributed by atoms with Crippen LogP contribution in [0.3, 0.4) is 0 Å². The van der Waals surface area contributed by atoms with E-state index in [1.165, 1.54) is 31.3 Å². The molecule has 5 heteroatoms. The molecular formula is C22H23N3S2. The monoisotopic (exact) mass is 393 g/mol. The van der Waals surface area contributed by atoms with E-state index in [2.05, 4.69) is 75.9 Å². The summed E-state index contributed by atoms with van der Waals surface area (Å²) in [4.78, 5) is 5.39. The first kappa shape index (κ1) is 18.4. The van der Waals surface area contributed by atoms with Gasteiger partial charge in [0.2, 0.25) is 0 Å². The molecular weight excluding hydrogens is 370 g/mol. The van der Waals surface area contributed by atoms with Gasteiger partial charge in [-0.25, -0.2) is 0 Å². The molecule has 0 spiro atoms. The number of pyridine rings is 1. The van der Waals surface area contributed by atoms with E-state index in [0.717, 1.165) is 19.5 Å². The number of hydrogen-bond acceptors (Lipinski definition) is 5. The minimum absolute atomic E-state index is 0.391. The van der Waals surface area contributed by atoms with Gasteiger partial charge >= 0.3 is 0 Å². The molecule has 138 valence electrons. The average molecular weight is 394 g/mol. The third-order valence-electron chi connectivity index (χ3n) is 4.55. The van der Waals surface area contributed by atoms with Gasteiger partial charge in [-0.1, -0.05) is 18.2 Å². The van der Waals surface area contributed by atoms with Gasteiger partial charge in [0.15, 0.2) is 0 Å². The van der Waals surface area contributed by atoms with Crippen LogP contribution in [0.5, 0.6) is 0 Å². The average Bonchev–Trinajstić information content (AvgIpc) is 3.17. The first-order chi connectivity index (χ1) is 13.3. The van der Waals surface area contributed by atoms with Gasteiger partial charge in [-0.15, -0.1) is 11.3 Å². The molecule has 0 unspecified atom stereocenters. The molecule has 0 aliphatic heterocycles. The van der Waals surface area contributed by atoms with Crippen LogP contribution in [-0.4, -0.2) is 24.1 Å². The van der Waals surface area contributed by atoms with Crippen LogP contribution >= 0.6 is 23.3 Å². The van der Waals surface area contributed by atoms with Crippen molar-refractivity contribution in [3.8, 4) is 0 Å². The lowest BCUT2D eigenvalue weighted by atomic mass is 10.1. The van der Waals surface area contributed by atoms with Crippen LogP contribution in [0.4, 0.5) is 0 Å². The lowest BCUT2D eigenvalue weighted by molar-refractivity contribution is 0.586. The Morgan fingerprint density at radius 1 is 1.04 bits per heavy atom. The second-order valence-electron chi connectivity index (χ2n) is 6.75. The third kappa shape index (κ3) is 4.87. The molecule has 0 bridgehead atoms. The normalized spacial score (nSPS) is 12.6. The Balaban J connectivity index is 1.20. The highest BCUT2D eigenvalue weighted by molar-refractivity contribution is 7.97. The largest absolute Gasteiger partial charge is 0.315 e. The number of hydrogen-bond donors (Lipinski definition) is 2. The van der Waals surface area contributed by atoms with Crippen molar-refractivity contribution in [3.05, 3.63) is 71.9 Å². The van der Waals surface area contributed by atoms with Crippen LogP contribution in [0.15, 0.2) is 71.2 Å². The maximum Gasteiger partial charge on any atom is 0.0346 e. The molecule has 0 radical (unpaired) electrons. The van der Waals surface area contributed by atoms with Gasteiger partial charge in [0.05, 0.1) is 0 Å². The van der Waals surface area contributed by atoms with Gasteiger partial charge in [-0.05, 0) is 83.9 Å². The summed E-state index contributed by atoms with van der Waals surface area (Å²) in [6, 6.07) is 17.9. The van der Waals surface area contributed by atoms with E-state index in [1.807, 2.05) is 12.4 Å².